The Kier molecular flexibility index (Phi) is 0.984. The maximum absolute atomic E-state index is 5.75. The molecule has 54 valence electrons. The van der Waals surface area contributed by atoms with Crippen molar-refractivity contribution in [1.82, 2.24) is 0 Å². The Morgan fingerprint density at radius 1 is 1.30 bits per heavy atom. The lowest BCUT2D eigenvalue weighted by molar-refractivity contribution is 0.0906. The Labute approximate surface area is 61.8 Å². The van der Waals surface area contributed by atoms with Crippen molar-refractivity contribution in [3.8, 4) is 0 Å². The Balaban J connectivity index is 1.92. The monoisotopic (exact) mass is 136 g/mol. The first-order chi connectivity index (χ1) is 4.95. The fraction of sp³-hybridized carbons (Fsp3) is 0.778. The smallest absolute Gasteiger partial charge is 0.0646 e. The third kappa shape index (κ3) is 0.531. The van der Waals surface area contributed by atoms with E-state index in [0.717, 1.165) is 11.8 Å². The quantitative estimate of drug-likeness (QED) is 0.491. The summed E-state index contributed by atoms with van der Waals surface area (Å²) >= 11 is 0. The second-order valence-electron chi connectivity index (χ2n) is 3.66. The van der Waals surface area contributed by atoms with E-state index in [9.17, 15) is 0 Å². The van der Waals surface area contributed by atoms with Crippen LogP contribution in [-0.4, -0.2) is 12.2 Å². The van der Waals surface area contributed by atoms with Crippen LogP contribution in [0.1, 0.15) is 19.3 Å². The van der Waals surface area contributed by atoms with Crippen LogP contribution < -0.4 is 0 Å². The Hall–Kier alpha value is -0.0400. The van der Waals surface area contributed by atoms with Crippen LogP contribution in [0.25, 0.3) is 0 Å². The van der Waals surface area contributed by atoms with Gasteiger partial charge in [0.05, 0.1) is 12.2 Å². The van der Waals surface area contributed by atoms with Crippen LogP contribution in [0.3, 0.4) is 0 Å². The molecule has 2 bridgehead atoms. The molecule has 4 atom stereocenters. The Morgan fingerprint density at radius 3 is 3.20 bits per heavy atom. The van der Waals surface area contributed by atoms with E-state index in [-0.39, 0.29) is 0 Å². The molecule has 1 nitrogen and oxygen atoms in total. The summed E-state index contributed by atoms with van der Waals surface area (Å²) in [5.41, 5.74) is 0. The average molecular weight is 136 g/mol. The van der Waals surface area contributed by atoms with Gasteiger partial charge in [-0.3, -0.25) is 0 Å². The summed E-state index contributed by atoms with van der Waals surface area (Å²) in [6, 6.07) is 0. The molecule has 4 unspecified atom stereocenters. The summed E-state index contributed by atoms with van der Waals surface area (Å²) in [7, 11) is 0. The normalized spacial score (nSPS) is 57.6. The molecule has 3 rings (SSSR count). The number of rotatable bonds is 0. The summed E-state index contributed by atoms with van der Waals surface area (Å²) in [5.74, 6) is 1.70. The summed E-state index contributed by atoms with van der Waals surface area (Å²) in [4.78, 5) is 0. The average Bonchev–Trinajstić information content (AvgIpc) is 2.60. The fourth-order valence-electron chi connectivity index (χ4n) is 2.76. The predicted molar refractivity (Wildman–Crippen MR) is 38.1 cm³/mol. The largest absolute Gasteiger partial charge is 0.374 e. The van der Waals surface area contributed by atoms with E-state index in [1.54, 1.807) is 0 Å². The van der Waals surface area contributed by atoms with Crippen molar-refractivity contribution in [1.29, 1.82) is 0 Å². The summed E-state index contributed by atoms with van der Waals surface area (Å²) in [5, 5.41) is 0. The summed E-state index contributed by atoms with van der Waals surface area (Å²) in [6.45, 7) is 0. The molecule has 0 aromatic carbocycles. The van der Waals surface area contributed by atoms with Gasteiger partial charge in [-0.05, 0) is 43.9 Å². The first-order valence-electron chi connectivity index (χ1n) is 4.27. The molecular weight excluding hydrogens is 124 g/mol. The molecule has 2 saturated heterocycles. The highest BCUT2D eigenvalue weighted by molar-refractivity contribution is 5.12. The maximum atomic E-state index is 5.75. The van der Waals surface area contributed by atoms with Gasteiger partial charge in [0.15, 0.2) is 0 Å². The van der Waals surface area contributed by atoms with Crippen molar-refractivity contribution in [3.05, 3.63) is 12.8 Å². The summed E-state index contributed by atoms with van der Waals surface area (Å²) in [6.07, 6.45) is 9.88. The highest BCUT2D eigenvalue weighted by Crippen LogP contribution is 2.50. The van der Waals surface area contributed by atoms with E-state index in [1.165, 1.54) is 19.3 Å². The van der Waals surface area contributed by atoms with Crippen molar-refractivity contribution in [2.24, 2.45) is 11.8 Å². The van der Waals surface area contributed by atoms with Crippen LogP contribution in [0.15, 0.2) is 0 Å². The lowest BCUT2D eigenvalue weighted by Gasteiger charge is -2.19. The molecule has 10 heavy (non-hydrogen) atoms. The van der Waals surface area contributed by atoms with Crippen LogP contribution in [-0.2, 0) is 4.74 Å². The van der Waals surface area contributed by atoms with Gasteiger partial charge in [-0.2, -0.15) is 0 Å². The van der Waals surface area contributed by atoms with Crippen molar-refractivity contribution >= 4 is 0 Å². The van der Waals surface area contributed by atoms with Crippen molar-refractivity contribution in [2.45, 2.75) is 31.5 Å². The summed E-state index contributed by atoms with van der Waals surface area (Å²) < 4.78 is 5.75. The predicted octanol–water partition coefficient (Wildman–Crippen LogP) is 1.59. The van der Waals surface area contributed by atoms with Gasteiger partial charge >= 0.3 is 0 Å². The molecular formula is C9H12O. The first-order valence-corrected chi connectivity index (χ1v) is 4.27. The molecule has 0 spiro atoms. The van der Waals surface area contributed by atoms with E-state index >= 15 is 0 Å². The third-order valence-electron chi connectivity index (χ3n) is 3.22. The molecule has 1 aliphatic carbocycles. The number of hydrogen-bond donors (Lipinski definition) is 0. The molecule has 2 aliphatic heterocycles. The second-order valence-corrected chi connectivity index (χ2v) is 3.66. The van der Waals surface area contributed by atoms with Crippen molar-refractivity contribution in [2.75, 3.05) is 0 Å². The van der Waals surface area contributed by atoms with Crippen molar-refractivity contribution in [3.63, 3.8) is 0 Å². The zero-order chi connectivity index (χ0) is 6.55. The molecule has 1 heteroatoms. The Morgan fingerprint density at radius 2 is 2.30 bits per heavy atom. The minimum atomic E-state index is 0.512. The second kappa shape index (κ2) is 1.76. The van der Waals surface area contributed by atoms with Crippen molar-refractivity contribution < 1.29 is 4.74 Å². The molecule has 1 saturated carbocycles. The molecule has 2 heterocycles. The lowest BCUT2D eigenvalue weighted by Crippen LogP contribution is -2.22. The van der Waals surface area contributed by atoms with Crippen LogP contribution in [0.5, 0.6) is 0 Å². The number of hydrogen-bond acceptors (Lipinski definition) is 1. The third-order valence-corrected chi connectivity index (χ3v) is 3.22. The van der Waals surface area contributed by atoms with E-state index in [2.05, 4.69) is 12.8 Å². The van der Waals surface area contributed by atoms with Gasteiger partial charge in [-0.1, -0.05) is 0 Å². The molecule has 0 amide bonds. The maximum Gasteiger partial charge on any atom is 0.0646 e. The van der Waals surface area contributed by atoms with E-state index in [1.807, 2.05) is 0 Å². The van der Waals surface area contributed by atoms with Crippen LogP contribution in [0.2, 0.25) is 0 Å². The van der Waals surface area contributed by atoms with E-state index < -0.39 is 0 Å². The topological polar surface area (TPSA) is 9.23 Å². The van der Waals surface area contributed by atoms with Crippen LogP contribution >= 0.6 is 0 Å². The van der Waals surface area contributed by atoms with Gasteiger partial charge in [0.1, 0.15) is 0 Å². The number of fused-ring (bicyclic) bond motifs is 5. The zero-order valence-electron chi connectivity index (χ0n) is 5.99. The van der Waals surface area contributed by atoms with Gasteiger partial charge in [0, 0.05) is 0 Å². The molecule has 3 fully saturated rings. The molecule has 2 radical (unpaired) electrons. The standard InChI is InChI=1S/C9H12O/c1-2-6-7(3-1)9-5-4-8(6)10-9/h2,4,6-9H,1,3,5H2. The molecule has 0 aromatic rings. The first kappa shape index (κ1) is 5.59. The highest BCUT2D eigenvalue weighted by atomic mass is 16.5. The molecule has 0 N–H and O–H groups in total. The number of ether oxygens (including phenoxy) is 1. The minimum absolute atomic E-state index is 0.512. The molecule has 0 aromatic heterocycles. The van der Waals surface area contributed by atoms with Gasteiger partial charge in [-0.25, -0.2) is 0 Å². The van der Waals surface area contributed by atoms with Crippen LogP contribution in [0, 0.1) is 24.7 Å². The minimum Gasteiger partial charge on any atom is -0.374 e. The zero-order valence-corrected chi connectivity index (χ0v) is 5.99. The van der Waals surface area contributed by atoms with Gasteiger partial charge in [-0.15, -0.1) is 0 Å². The molecule has 3 aliphatic rings. The van der Waals surface area contributed by atoms with E-state index in [0.29, 0.717) is 12.2 Å². The lowest BCUT2D eigenvalue weighted by atomic mass is 9.82. The van der Waals surface area contributed by atoms with E-state index in [4.69, 9.17) is 4.74 Å². The SMILES string of the molecule is [CH]1CC2OC1C1[CH]CCC21. The Bertz CT molecular complexity index is 139. The van der Waals surface area contributed by atoms with Gasteiger partial charge < -0.3 is 4.74 Å². The highest BCUT2D eigenvalue weighted by Gasteiger charge is 2.50. The van der Waals surface area contributed by atoms with Gasteiger partial charge in [0.2, 0.25) is 0 Å². The fourth-order valence-corrected chi connectivity index (χ4v) is 2.76. The van der Waals surface area contributed by atoms with Gasteiger partial charge in [0.25, 0.3) is 0 Å². The van der Waals surface area contributed by atoms with Crippen LogP contribution in [0.4, 0.5) is 0 Å².